The van der Waals surface area contributed by atoms with Crippen molar-refractivity contribution in [2.75, 3.05) is 13.7 Å². The number of halogens is 1. The third-order valence-corrected chi connectivity index (χ3v) is 3.60. The summed E-state index contributed by atoms with van der Waals surface area (Å²) in [6, 6.07) is 13.6. The summed E-state index contributed by atoms with van der Waals surface area (Å²) in [5, 5.41) is 10.1. The fourth-order valence-corrected chi connectivity index (χ4v) is 2.35. The molecule has 25 heavy (non-hydrogen) atoms. The lowest BCUT2D eigenvalue weighted by atomic mass is 10.1. The van der Waals surface area contributed by atoms with Crippen LogP contribution in [0.2, 0.25) is 0 Å². The van der Waals surface area contributed by atoms with Crippen molar-refractivity contribution in [1.29, 1.82) is 0 Å². The Hall–Kier alpha value is -3.22. The van der Waals surface area contributed by atoms with Crippen LogP contribution in [0.4, 0.5) is 4.39 Å². The van der Waals surface area contributed by atoms with Crippen LogP contribution in [0, 0.1) is 5.82 Å². The number of ether oxygens (including phenoxy) is 1. The molecule has 3 aromatic rings. The first-order chi connectivity index (χ1) is 12.2. The zero-order chi connectivity index (χ0) is 17.6. The molecule has 6 nitrogen and oxygen atoms in total. The van der Waals surface area contributed by atoms with Crippen LogP contribution < -0.4 is 10.1 Å². The highest BCUT2D eigenvalue weighted by molar-refractivity contribution is 5.89. The van der Waals surface area contributed by atoms with Gasteiger partial charge in [-0.2, -0.15) is 0 Å². The zero-order valence-electron chi connectivity index (χ0n) is 13.5. The van der Waals surface area contributed by atoms with Crippen molar-refractivity contribution in [3.63, 3.8) is 0 Å². The van der Waals surface area contributed by atoms with Gasteiger partial charge in [-0.25, -0.2) is 4.39 Å². The van der Waals surface area contributed by atoms with E-state index in [0.717, 1.165) is 11.3 Å². The van der Waals surface area contributed by atoms with E-state index >= 15 is 0 Å². The van der Waals surface area contributed by atoms with Gasteiger partial charge in [0.15, 0.2) is 0 Å². The largest absolute Gasteiger partial charge is 0.496 e. The van der Waals surface area contributed by atoms with Crippen LogP contribution in [0.5, 0.6) is 5.75 Å². The number of benzene rings is 2. The van der Waals surface area contributed by atoms with Gasteiger partial charge in [0.2, 0.25) is 0 Å². The molecule has 0 unspecified atom stereocenters. The van der Waals surface area contributed by atoms with E-state index < -0.39 is 11.7 Å². The van der Waals surface area contributed by atoms with Gasteiger partial charge in [0, 0.05) is 6.54 Å². The maximum absolute atomic E-state index is 13.7. The molecule has 3 rings (SSSR count). The van der Waals surface area contributed by atoms with Crippen molar-refractivity contribution >= 4 is 5.91 Å². The summed E-state index contributed by atoms with van der Waals surface area (Å²) < 4.78 is 24.2. The standard InChI is InChI=1S/C18H16FN3O3/c1-24-15-9-5-2-6-12(15)10-11-20-16(23)18-22-21-17(25-18)13-7-3-4-8-14(13)19/h2-9H,10-11H2,1H3,(H,20,23). The summed E-state index contributed by atoms with van der Waals surface area (Å²) in [5.41, 5.74) is 1.13. The lowest BCUT2D eigenvalue weighted by Gasteiger charge is -2.08. The highest BCUT2D eigenvalue weighted by atomic mass is 19.1. The van der Waals surface area contributed by atoms with Gasteiger partial charge in [-0.15, -0.1) is 10.2 Å². The molecule has 0 saturated carbocycles. The third kappa shape index (κ3) is 3.82. The molecule has 0 radical (unpaired) electrons. The number of para-hydroxylation sites is 1. The van der Waals surface area contributed by atoms with Gasteiger partial charge in [0.05, 0.1) is 12.7 Å². The zero-order valence-corrected chi connectivity index (χ0v) is 13.5. The number of hydrogen-bond acceptors (Lipinski definition) is 5. The number of carbonyl (C=O) groups is 1. The Balaban J connectivity index is 1.62. The van der Waals surface area contributed by atoms with Crippen LogP contribution in [0.3, 0.4) is 0 Å². The Kier molecular flexibility index (Phi) is 5.03. The molecule has 2 aromatic carbocycles. The van der Waals surface area contributed by atoms with Crippen molar-refractivity contribution < 1.29 is 18.3 Å². The first-order valence-electron chi connectivity index (χ1n) is 7.67. The molecular formula is C18H16FN3O3. The summed E-state index contributed by atoms with van der Waals surface area (Å²) in [6.45, 7) is 0.372. The molecule has 0 atom stereocenters. The molecule has 0 spiro atoms. The number of methoxy groups -OCH3 is 1. The van der Waals surface area contributed by atoms with Crippen LogP contribution in [0.25, 0.3) is 11.5 Å². The molecular weight excluding hydrogens is 325 g/mol. The Morgan fingerprint density at radius 3 is 2.72 bits per heavy atom. The molecule has 1 aromatic heterocycles. The SMILES string of the molecule is COc1ccccc1CCNC(=O)c1nnc(-c2ccccc2F)o1. The van der Waals surface area contributed by atoms with E-state index in [2.05, 4.69) is 15.5 Å². The van der Waals surface area contributed by atoms with Gasteiger partial charge in [-0.1, -0.05) is 30.3 Å². The Labute approximate surface area is 143 Å². The molecule has 1 amide bonds. The maximum Gasteiger partial charge on any atom is 0.308 e. The fourth-order valence-electron chi connectivity index (χ4n) is 2.35. The number of nitrogens with zero attached hydrogens (tertiary/aromatic N) is 2. The average Bonchev–Trinajstić information content (AvgIpc) is 3.12. The quantitative estimate of drug-likeness (QED) is 0.746. The van der Waals surface area contributed by atoms with Gasteiger partial charge in [-0.3, -0.25) is 4.79 Å². The first kappa shape index (κ1) is 16.6. The number of carbonyl (C=O) groups excluding carboxylic acids is 1. The van der Waals surface area contributed by atoms with E-state index in [1.807, 2.05) is 24.3 Å². The topological polar surface area (TPSA) is 77.2 Å². The monoisotopic (exact) mass is 341 g/mol. The number of hydrogen-bond donors (Lipinski definition) is 1. The third-order valence-electron chi connectivity index (χ3n) is 3.60. The highest BCUT2D eigenvalue weighted by Crippen LogP contribution is 2.21. The minimum absolute atomic E-state index is 0.0343. The predicted octanol–water partition coefficient (Wildman–Crippen LogP) is 2.86. The van der Waals surface area contributed by atoms with Gasteiger partial charge in [0.1, 0.15) is 11.6 Å². The number of nitrogens with one attached hydrogen (secondary N) is 1. The summed E-state index contributed by atoms with van der Waals surface area (Å²) in [4.78, 5) is 12.1. The lowest BCUT2D eigenvalue weighted by molar-refractivity contribution is 0.0920. The van der Waals surface area contributed by atoms with Crippen molar-refractivity contribution in [1.82, 2.24) is 15.5 Å². The molecule has 0 aliphatic rings. The van der Waals surface area contributed by atoms with Crippen LogP contribution in [-0.2, 0) is 6.42 Å². The van der Waals surface area contributed by atoms with Crippen LogP contribution in [0.15, 0.2) is 52.9 Å². The molecule has 0 fully saturated rings. The molecule has 0 saturated heterocycles. The van der Waals surface area contributed by atoms with Gasteiger partial charge < -0.3 is 14.5 Å². The number of rotatable bonds is 6. The minimum Gasteiger partial charge on any atom is -0.496 e. The summed E-state index contributed by atoms with van der Waals surface area (Å²) in [7, 11) is 1.60. The molecule has 0 aliphatic heterocycles. The normalized spacial score (nSPS) is 10.5. The second-order valence-corrected chi connectivity index (χ2v) is 5.21. The van der Waals surface area contributed by atoms with Gasteiger partial charge in [0.25, 0.3) is 5.89 Å². The smallest absolute Gasteiger partial charge is 0.308 e. The van der Waals surface area contributed by atoms with E-state index in [0.29, 0.717) is 13.0 Å². The maximum atomic E-state index is 13.7. The van der Waals surface area contributed by atoms with Crippen LogP contribution in [0.1, 0.15) is 16.2 Å². The van der Waals surface area contributed by atoms with E-state index in [-0.39, 0.29) is 17.3 Å². The molecule has 0 aliphatic carbocycles. The van der Waals surface area contributed by atoms with Crippen molar-refractivity contribution in [2.24, 2.45) is 0 Å². The number of aromatic nitrogens is 2. The van der Waals surface area contributed by atoms with Crippen molar-refractivity contribution in [2.45, 2.75) is 6.42 Å². The van der Waals surface area contributed by atoms with Crippen LogP contribution >= 0.6 is 0 Å². The Morgan fingerprint density at radius 1 is 1.16 bits per heavy atom. The van der Waals surface area contributed by atoms with E-state index in [1.165, 1.54) is 12.1 Å². The molecule has 1 heterocycles. The van der Waals surface area contributed by atoms with E-state index in [4.69, 9.17) is 9.15 Å². The fraction of sp³-hybridized carbons (Fsp3) is 0.167. The van der Waals surface area contributed by atoms with Crippen molar-refractivity contribution in [3.8, 4) is 17.2 Å². The highest BCUT2D eigenvalue weighted by Gasteiger charge is 2.17. The van der Waals surface area contributed by atoms with E-state index in [1.54, 1.807) is 19.2 Å². The lowest BCUT2D eigenvalue weighted by Crippen LogP contribution is -2.26. The second-order valence-electron chi connectivity index (χ2n) is 5.21. The van der Waals surface area contributed by atoms with Crippen LogP contribution in [-0.4, -0.2) is 29.8 Å². The molecule has 0 bridgehead atoms. The summed E-state index contributed by atoms with van der Waals surface area (Å²) >= 11 is 0. The summed E-state index contributed by atoms with van der Waals surface area (Å²) in [5.74, 6) is -0.484. The molecule has 128 valence electrons. The predicted molar refractivity (Wildman–Crippen MR) is 88.7 cm³/mol. The van der Waals surface area contributed by atoms with Crippen molar-refractivity contribution in [3.05, 3.63) is 65.8 Å². The molecule has 7 heteroatoms. The van der Waals surface area contributed by atoms with E-state index in [9.17, 15) is 9.18 Å². The van der Waals surface area contributed by atoms with Gasteiger partial charge in [-0.05, 0) is 30.2 Å². The minimum atomic E-state index is -0.509. The first-order valence-corrected chi connectivity index (χ1v) is 7.67. The Morgan fingerprint density at radius 2 is 1.92 bits per heavy atom. The second kappa shape index (κ2) is 7.57. The number of amides is 1. The average molecular weight is 341 g/mol. The van der Waals surface area contributed by atoms with Gasteiger partial charge >= 0.3 is 11.8 Å². The summed E-state index contributed by atoms with van der Waals surface area (Å²) in [6.07, 6.45) is 0.587. The Bertz CT molecular complexity index is 879. The molecule has 1 N–H and O–H groups in total.